The summed E-state index contributed by atoms with van der Waals surface area (Å²) in [6, 6.07) is 4.11. The largest absolute Gasteiger partial charge is 0.297 e. The van der Waals surface area contributed by atoms with Crippen molar-refractivity contribution in [2.24, 2.45) is 5.92 Å². The van der Waals surface area contributed by atoms with Gasteiger partial charge in [0, 0.05) is 24.7 Å². The number of hydrogen-bond acceptors (Lipinski definition) is 4. The van der Waals surface area contributed by atoms with Crippen LogP contribution in [0.25, 0.3) is 0 Å². The second-order valence-electron chi connectivity index (χ2n) is 5.91. The number of Topliss-reactive ketones (excluding diaryl/α,β-unsaturated/α-hetero) is 1. The summed E-state index contributed by atoms with van der Waals surface area (Å²) in [5.74, 6) is 0.460. The van der Waals surface area contributed by atoms with Gasteiger partial charge in [-0.05, 0) is 56.3 Å². The van der Waals surface area contributed by atoms with Crippen molar-refractivity contribution in [1.29, 1.82) is 0 Å². The zero-order valence-corrected chi connectivity index (χ0v) is 13.4. The summed E-state index contributed by atoms with van der Waals surface area (Å²) in [7, 11) is 0. The number of thiophene rings is 1. The topological polar surface area (TPSA) is 49.0 Å². The van der Waals surface area contributed by atoms with Gasteiger partial charge in [0.15, 0.2) is 5.78 Å². The number of likely N-dealkylation sites (tertiary alicyclic amines) is 1. The first kappa shape index (κ1) is 14.5. The number of piperidine rings is 1. The summed E-state index contributed by atoms with van der Waals surface area (Å²) in [4.78, 5) is 15.9. The van der Waals surface area contributed by atoms with Crippen LogP contribution in [0.4, 0.5) is 0 Å². The molecule has 0 radical (unpaired) electrons. The standard InChI is InChI=1S/C16H21N3OS/c1-11-5-7-21-16(11)15(20)13-4-3-6-19(9-13)10-14-8-12(2)17-18-14/h5,7-8,13H,3-4,6,9-10H2,1-2H3,(H,17,18). The lowest BCUT2D eigenvalue weighted by atomic mass is 9.92. The number of aryl methyl sites for hydroxylation is 2. The van der Waals surface area contributed by atoms with E-state index < -0.39 is 0 Å². The molecule has 1 saturated heterocycles. The monoisotopic (exact) mass is 303 g/mol. The molecule has 1 fully saturated rings. The van der Waals surface area contributed by atoms with E-state index in [0.717, 1.165) is 54.3 Å². The van der Waals surface area contributed by atoms with Crippen molar-refractivity contribution in [3.8, 4) is 0 Å². The predicted molar refractivity (Wildman–Crippen MR) is 84.7 cm³/mol. The van der Waals surface area contributed by atoms with Gasteiger partial charge in [-0.3, -0.25) is 14.8 Å². The van der Waals surface area contributed by atoms with E-state index in [-0.39, 0.29) is 5.92 Å². The number of nitrogens with one attached hydrogen (secondary N) is 1. The predicted octanol–water partition coefficient (Wildman–Crippen LogP) is 3.18. The molecule has 0 aliphatic carbocycles. The highest BCUT2D eigenvalue weighted by atomic mass is 32.1. The summed E-state index contributed by atoms with van der Waals surface area (Å²) in [5, 5.41) is 9.28. The van der Waals surface area contributed by atoms with Gasteiger partial charge in [0.1, 0.15) is 0 Å². The van der Waals surface area contributed by atoms with Crippen LogP contribution in [-0.2, 0) is 6.54 Å². The summed E-state index contributed by atoms with van der Waals surface area (Å²) in [6.07, 6.45) is 2.09. The third-order valence-corrected chi connectivity index (χ3v) is 5.14. The lowest BCUT2D eigenvalue weighted by Crippen LogP contribution is -2.38. The molecule has 112 valence electrons. The van der Waals surface area contributed by atoms with Crippen LogP contribution in [0.5, 0.6) is 0 Å². The average Bonchev–Trinajstić information content (AvgIpc) is 3.07. The van der Waals surface area contributed by atoms with Crippen LogP contribution in [0.15, 0.2) is 17.5 Å². The average molecular weight is 303 g/mol. The summed E-state index contributed by atoms with van der Waals surface area (Å²) < 4.78 is 0. The third-order valence-electron chi connectivity index (χ3n) is 4.11. The molecule has 0 saturated carbocycles. The Morgan fingerprint density at radius 1 is 1.52 bits per heavy atom. The first-order valence-electron chi connectivity index (χ1n) is 7.45. The summed E-state index contributed by atoms with van der Waals surface area (Å²) >= 11 is 1.57. The Kier molecular flexibility index (Phi) is 4.22. The van der Waals surface area contributed by atoms with E-state index in [2.05, 4.69) is 21.2 Å². The minimum absolute atomic E-state index is 0.135. The minimum atomic E-state index is 0.135. The molecule has 1 aliphatic heterocycles. The molecular weight excluding hydrogens is 282 g/mol. The van der Waals surface area contributed by atoms with E-state index in [9.17, 15) is 4.79 Å². The van der Waals surface area contributed by atoms with Crippen molar-refractivity contribution in [2.75, 3.05) is 13.1 Å². The molecule has 0 aromatic carbocycles. The number of rotatable bonds is 4. The maximum absolute atomic E-state index is 12.6. The summed E-state index contributed by atoms with van der Waals surface area (Å²) in [5.41, 5.74) is 3.27. The van der Waals surface area contributed by atoms with Crippen molar-refractivity contribution in [3.05, 3.63) is 39.3 Å². The van der Waals surface area contributed by atoms with Crippen LogP contribution in [0.2, 0.25) is 0 Å². The van der Waals surface area contributed by atoms with Crippen molar-refractivity contribution in [2.45, 2.75) is 33.2 Å². The van der Waals surface area contributed by atoms with Gasteiger partial charge >= 0.3 is 0 Å². The van der Waals surface area contributed by atoms with Gasteiger partial charge in [0.05, 0.1) is 10.6 Å². The van der Waals surface area contributed by atoms with Crippen LogP contribution in [0.3, 0.4) is 0 Å². The highest BCUT2D eigenvalue weighted by molar-refractivity contribution is 7.12. The molecule has 4 nitrogen and oxygen atoms in total. The number of H-pyrrole nitrogens is 1. The number of ketones is 1. The van der Waals surface area contributed by atoms with Gasteiger partial charge in [0.2, 0.25) is 0 Å². The smallest absolute Gasteiger partial charge is 0.177 e. The molecule has 21 heavy (non-hydrogen) atoms. The molecular formula is C16H21N3OS. The molecule has 2 aromatic heterocycles. The van der Waals surface area contributed by atoms with Gasteiger partial charge in [-0.1, -0.05) is 0 Å². The molecule has 5 heteroatoms. The van der Waals surface area contributed by atoms with Gasteiger partial charge in [-0.25, -0.2) is 0 Å². The molecule has 0 amide bonds. The molecule has 0 bridgehead atoms. The zero-order valence-electron chi connectivity index (χ0n) is 12.6. The van der Waals surface area contributed by atoms with E-state index in [1.807, 2.05) is 25.3 Å². The Morgan fingerprint density at radius 2 is 2.38 bits per heavy atom. The molecule has 1 N–H and O–H groups in total. The van der Waals surface area contributed by atoms with Crippen LogP contribution in [-0.4, -0.2) is 34.0 Å². The Hall–Kier alpha value is -1.46. The van der Waals surface area contributed by atoms with Gasteiger partial charge < -0.3 is 0 Å². The third kappa shape index (κ3) is 3.24. The number of carbonyl (C=O) groups excluding carboxylic acids is 1. The molecule has 1 unspecified atom stereocenters. The second-order valence-corrected chi connectivity index (χ2v) is 6.83. The second kappa shape index (κ2) is 6.12. The highest BCUT2D eigenvalue weighted by Gasteiger charge is 2.28. The molecule has 0 spiro atoms. The number of nitrogens with zero attached hydrogens (tertiary/aromatic N) is 2. The van der Waals surface area contributed by atoms with Crippen molar-refractivity contribution in [3.63, 3.8) is 0 Å². The van der Waals surface area contributed by atoms with E-state index in [0.29, 0.717) is 5.78 Å². The fraction of sp³-hybridized carbons (Fsp3) is 0.500. The Balaban J connectivity index is 1.65. The van der Waals surface area contributed by atoms with Crippen LogP contribution in [0, 0.1) is 19.8 Å². The number of aromatic nitrogens is 2. The van der Waals surface area contributed by atoms with Gasteiger partial charge in [-0.2, -0.15) is 5.10 Å². The van der Waals surface area contributed by atoms with E-state index >= 15 is 0 Å². The van der Waals surface area contributed by atoms with Crippen LogP contribution in [0.1, 0.15) is 39.5 Å². The minimum Gasteiger partial charge on any atom is -0.297 e. The van der Waals surface area contributed by atoms with Crippen LogP contribution >= 0.6 is 11.3 Å². The van der Waals surface area contributed by atoms with Crippen molar-refractivity contribution in [1.82, 2.24) is 15.1 Å². The normalized spacial score (nSPS) is 19.8. The van der Waals surface area contributed by atoms with Crippen molar-refractivity contribution < 1.29 is 4.79 Å². The molecule has 2 aromatic rings. The zero-order chi connectivity index (χ0) is 14.8. The summed E-state index contributed by atoms with van der Waals surface area (Å²) in [6.45, 7) is 6.77. The number of hydrogen-bond donors (Lipinski definition) is 1. The van der Waals surface area contributed by atoms with Crippen LogP contribution < -0.4 is 0 Å². The maximum atomic E-state index is 12.6. The molecule has 1 aliphatic rings. The SMILES string of the molecule is Cc1cc(CN2CCCC(C(=O)c3sccc3C)C2)n[nH]1. The highest BCUT2D eigenvalue weighted by Crippen LogP contribution is 2.26. The Morgan fingerprint density at radius 3 is 3.05 bits per heavy atom. The Bertz CT molecular complexity index is 631. The lowest BCUT2D eigenvalue weighted by Gasteiger charge is -2.31. The fourth-order valence-electron chi connectivity index (χ4n) is 3.01. The number of aromatic amines is 1. The van der Waals surface area contributed by atoms with Gasteiger partial charge in [-0.15, -0.1) is 11.3 Å². The van der Waals surface area contributed by atoms with E-state index in [1.54, 1.807) is 11.3 Å². The molecule has 3 rings (SSSR count). The first-order chi connectivity index (χ1) is 10.1. The molecule has 1 atom stereocenters. The Labute approximate surface area is 129 Å². The van der Waals surface area contributed by atoms with Crippen molar-refractivity contribution >= 4 is 17.1 Å². The lowest BCUT2D eigenvalue weighted by molar-refractivity contribution is 0.0814. The first-order valence-corrected chi connectivity index (χ1v) is 8.33. The fourth-order valence-corrected chi connectivity index (χ4v) is 3.95. The van der Waals surface area contributed by atoms with Gasteiger partial charge in [0.25, 0.3) is 0 Å². The van der Waals surface area contributed by atoms with E-state index in [1.165, 1.54) is 0 Å². The molecule has 3 heterocycles. The number of carbonyl (C=O) groups is 1. The maximum Gasteiger partial charge on any atom is 0.177 e. The quantitative estimate of drug-likeness (QED) is 0.883. The van der Waals surface area contributed by atoms with E-state index in [4.69, 9.17) is 0 Å².